The lowest BCUT2D eigenvalue weighted by Crippen LogP contribution is -2.27. The van der Waals surface area contributed by atoms with Crippen molar-refractivity contribution in [1.29, 1.82) is 0 Å². The minimum atomic E-state index is 0.0821. The van der Waals surface area contributed by atoms with E-state index in [0.29, 0.717) is 13.2 Å². The number of esters is 1. The molecule has 0 heterocycles. The second-order valence-electron chi connectivity index (χ2n) is 12.4. The zero-order valence-electron chi connectivity index (χ0n) is 27.7. The van der Waals surface area contributed by atoms with Gasteiger partial charge in [-0.3, -0.25) is 4.79 Å². The third-order valence-corrected chi connectivity index (χ3v) is 8.47. The van der Waals surface area contributed by atoms with Crippen LogP contribution in [0, 0.1) is 5.92 Å². The first-order valence-corrected chi connectivity index (χ1v) is 18.2. The van der Waals surface area contributed by atoms with E-state index < -0.39 is 0 Å². The van der Waals surface area contributed by atoms with Gasteiger partial charge in [-0.25, -0.2) is 0 Å². The molecule has 1 atom stereocenters. The van der Waals surface area contributed by atoms with Gasteiger partial charge in [0.1, 0.15) is 0 Å². The summed E-state index contributed by atoms with van der Waals surface area (Å²) in [6.45, 7) is 11.2. The summed E-state index contributed by atoms with van der Waals surface area (Å²) in [4.78, 5) is 15.6. The smallest absolute Gasteiger partial charge is 0.308 e. The maximum absolute atomic E-state index is 13.0. The first kappa shape index (κ1) is 39.4. The van der Waals surface area contributed by atoms with Crippen molar-refractivity contribution in [3.8, 4) is 0 Å². The Morgan fingerprint density at radius 1 is 0.525 bits per heavy atom. The average molecular weight is 568 g/mol. The van der Waals surface area contributed by atoms with Crippen LogP contribution >= 0.6 is 0 Å². The molecule has 40 heavy (non-hydrogen) atoms. The minimum Gasteiger partial charge on any atom is -0.465 e. The molecule has 0 aliphatic rings. The van der Waals surface area contributed by atoms with E-state index in [1.54, 1.807) is 0 Å². The van der Waals surface area contributed by atoms with Crippen LogP contribution in [0.5, 0.6) is 0 Å². The predicted molar refractivity (Wildman–Crippen MR) is 175 cm³/mol. The van der Waals surface area contributed by atoms with Crippen LogP contribution in [-0.4, -0.2) is 48.8 Å². The molecule has 0 fully saturated rings. The highest BCUT2D eigenvalue weighted by Gasteiger charge is 2.19. The third kappa shape index (κ3) is 27.6. The molecule has 1 N–H and O–H groups in total. The summed E-state index contributed by atoms with van der Waals surface area (Å²) in [5.41, 5.74) is 0. The molecule has 0 radical (unpaired) electrons. The SMILES string of the molecule is CCCCCCCCCCC(CCCCCCCC)C(=O)OCCCCCCN(CCCCO)CCCCCC. The first-order chi connectivity index (χ1) is 19.7. The standard InChI is InChI=1S/C36H73NO3/c1-4-7-10-13-15-16-18-22-29-35(28-21-17-14-11-8-5-2)36(39)40-34-27-20-19-24-31-37(32-25-26-33-38)30-23-12-9-6-3/h35,38H,4-34H2,1-3H3. The Kier molecular flexibility index (Phi) is 32.4. The molecule has 1 unspecified atom stereocenters. The van der Waals surface area contributed by atoms with Gasteiger partial charge in [0, 0.05) is 6.61 Å². The molecule has 0 aliphatic heterocycles. The van der Waals surface area contributed by atoms with Gasteiger partial charge in [0.25, 0.3) is 0 Å². The van der Waals surface area contributed by atoms with Crippen molar-refractivity contribution in [3.63, 3.8) is 0 Å². The Morgan fingerprint density at radius 2 is 0.900 bits per heavy atom. The van der Waals surface area contributed by atoms with E-state index in [2.05, 4.69) is 25.7 Å². The third-order valence-electron chi connectivity index (χ3n) is 8.47. The highest BCUT2D eigenvalue weighted by molar-refractivity contribution is 5.72. The fourth-order valence-corrected chi connectivity index (χ4v) is 5.70. The van der Waals surface area contributed by atoms with Gasteiger partial charge in [-0.15, -0.1) is 0 Å². The summed E-state index contributed by atoms with van der Waals surface area (Å²) < 4.78 is 5.82. The van der Waals surface area contributed by atoms with Gasteiger partial charge < -0.3 is 14.7 Å². The van der Waals surface area contributed by atoms with Crippen molar-refractivity contribution in [1.82, 2.24) is 4.90 Å². The number of ether oxygens (including phenoxy) is 1. The van der Waals surface area contributed by atoms with E-state index in [-0.39, 0.29) is 11.9 Å². The van der Waals surface area contributed by atoms with Gasteiger partial charge in [-0.2, -0.15) is 0 Å². The molecule has 0 aromatic heterocycles. The maximum atomic E-state index is 13.0. The monoisotopic (exact) mass is 568 g/mol. The zero-order chi connectivity index (χ0) is 29.4. The van der Waals surface area contributed by atoms with Crippen LogP contribution in [0.1, 0.15) is 188 Å². The van der Waals surface area contributed by atoms with Crippen LogP contribution in [0.2, 0.25) is 0 Å². The highest BCUT2D eigenvalue weighted by atomic mass is 16.5. The molecule has 240 valence electrons. The van der Waals surface area contributed by atoms with Gasteiger partial charge in [-0.05, 0) is 64.6 Å². The number of unbranched alkanes of at least 4 members (excludes halogenated alkanes) is 19. The minimum absolute atomic E-state index is 0.0821. The number of aliphatic hydroxyl groups excluding tert-OH is 1. The molecular formula is C36H73NO3. The van der Waals surface area contributed by atoms with E-state index in [0.717, 1.165) is 51.6 Å². The Morgan fingerprint density at radius 3 is 1.38 bits per heavy atom. The second-order valence-corrected chi connectivity index (χ2v) is 12.4. The molecule has 0 aromatic carbocycles. The largest absolute Gasteiger partial charge is 0.465 e. The van der Waals surface area contributed by atoms with Crippen LogP contribution in [0.4, 0.5) is 0 Å². The fraction of sp³-hybridized carbons (Fsp3) is 0.972. The average Bonchev–Trinajstić information content (AvgIpc) is 2.96. The van der Waals surface area contributed by atoms with Crippen molar-refractivity contribution >= 4 is 5.97 Å². The Balaban J connectivity index is 4.21. The van der Waals surface area contributed by atoms with E-state index in [1.807, 2.05) is 0 Å². The van der Waals surface area contributed by atoms with Crippen molar-refractivity contribution in [2.75, 3.05) is 32.8 Å². The molecule has 0 spiro atoms. The fourth-order valence-electron chi connectivity index (χ4n) is 5.70. The summed E-state index contributed by atoms with van der Waals surface area (Å²) in [5, 5.41) is 9.12. The second kappa shape index (κ2) is 32.9. The summed E-state index contributed by atoms with van der Waals surface area (Å²) in [6.07, 6.45) is 32.1. The van der Waals surface area contributed by atoms with Crippen LogP contribution in [0.25, 0.3) is 0 Å². The van der Waals surface area contributed by atoms with Crippen molar-refractivity contribution in [2.45, 2.75) is 188 Å². The quantitative estimate of drug-likeness (QED) is 0.0633. The number of hydrogen-bond donors (Lipinski definition) is 1. The van der Waals surface area contributed by atoms with Crippen molar-refractivity contribution in [2.24, 2.45) is 5.92 Å². The lowest BCUT2D eigenvalue weighted by atomic mass is 9.94. The number of carbonyl (C=O) groups is 1. The molecule has 0 amide bonds. The van der Waals surface area contributed by atoms with E-state index >= 15 is 0 Å². The van der Waals surface area contributed by atoms with Gasteiger partial charge in [-0.1, -0.05) is 143 Å². The van der Waals surface area contributed by atoms with E-state index in [4.69, 9.17) is 9.84 Å². The Hall–Kier alpha value is -0.610. The summed E-state index contributed by atoms with van der Waals surface area (Å²) >= 11 is 0. The van der Waals surface area contributed by atoms with Gasteiger partial charge in [0.2, 0.25) is 0 Å². The predicted octanol–water partition coefficient (Wildman–Crippen LogP) is 10.6. The Bertz CT molecular complexity index is 498. The summed E-state index contributed by atoms with van der Waals surface area (Å²) in [7, 11) is 0. The molecular weight excluding hydrogens is 494 g/mol. The van der Waals surface area contributed by atoms with Gasteiger partial charge >= 0.3 is 5.97 Å². The van der Waals surface area contributed by atoms with E-state index in [1.165, 1.54) is 135 Å². The molecule has 0 aromatic rings. The number of rotatable bonds is 33. The topological polar surface area (TPSA) is 49.8 Å². The number of aliphatic hydroxyl groups is 1. The summed E-state index contributed by atoms with van der Waals surface area (Å²) in [6, 6.07) is 0. The first-order valence-electron chi connectivity index (χ1n) is 18.2. The van der Waals surface area contributed by atoms with Crippen LogP contribution < -0.4 is 0 Å². The molecule has 0 bridgehead atoms. The molecule has 4 heteroatoms. The van der Waals surface area contributed by atoms with Crippen molar-refractivity contribution in [3.05, 3.63) is 0 Å². The van der Waals surface area contributed by atoms with Crippen molar-refractivity contribution < 1.29 is 14.6 Å². The van der Waals surface area contributed by atoms with Crippen LogP contribution in [0.3, 0.4) is 0 Å². The number of hydrogen-bond acceptors (Lipinski definition) is 4. The van der Waals surface area contributed by atoms with Crippen LogP contribution in [-0.2, 0) is 9.53 Å². The van der Waals surface area contributed by atoms with Gasteiger partial charge in [0.05, 0.1) is 12.5 Å². The molecule has 0 rings (SSSR count). The summed E-state index contributed by atoms with van der Waals surface area (Å²) in [5.74, 6) is 0.199. The molecule has 0 aliphatic carbocycles. The van der Waals surface area contributed by atoms with Crippen LogP contribution in [0.15, 0.2) is 0 Å². The normalized spacial score (nSPS) is 12.3. The van der Waals surface area contributed by atoms with E-state index in [9.17, 15) is 4.79 Å². The maximum Gasteiger partial charge on any atom is 0.308 e. The highest BCUT2D eigenvalue weighted by Crippen LogP contribution is 2.21. The Labute approximate surface area is 251 Å². The molecule has 0 saturated carbocycles. The lowest BCUT2D eigenvalue weighted by Gasteiger charge is -2.22. The zero-order valence-corrected chi connectivity index (χ0v) is 27.7. The molecule has 4 nitrogen and oxygen atoms in total. The molecule has 0 saturated heterocycles. The lowest BCUT2D eigenvalue weighted by molar-refractivity contribution is -0.149. The number of carbonyl (C=O) groups excluding carboxylic acids is 1. The van der Waals surface area contributed by atoms with Gasteiger partial charge in [0.15, 0.2) is 0 Å². The number of nitrogens with zero attached hydrogens (tertiary/aromatic N) is 1.